The lowest BCUT2D eigenvalue weighted by molar-refractivity contribution is -0.870. The van der Waals surface area contributed by atoms with E-state index >= 15 is 0 Å². The minimum atomic E-state index is -4.45. The molecule has 0 aliphatic heterocycles. The van der Waals surface area contributed by atoms with Gasteiger partial charge in [0.05, 0.1) is 33.8 Å². The predicted octanol–water partition coefficient (Wildman–Crippen LogP) is 17.7. The van der Waals surface area contributed by atoms with Gasteiger partial charge in [0.1, 0.15) is 19.3 Å². The van der Waals surface area contributed by atoms with E-state index in [4.69, 9.17) is 13.8 Å². The highest BCUT2D eigenvalue weighted by molar-refractivity contribution is 7.47. The lowest BCUT2D eigenvalue weighted by Gasteiger charge is -2.27. The molecule has 3 atom stereocenters. The number of carbonyl (C=O) groups excluding carboxylic acids is 2. The molecular weight excluding hydrogens is 904 g/mol. The van der Waals surface area contributed by atoms with Crippen LogP contribution in [-0.4, -0.2) is 74.3 Å². The molecule has 0 aromatic heterocycles. The Morgan fingerprint density at radius 1 is 0.507 bits per heavy atom. The second kappa shape index (κ2) is 51.0. The Bertz CT molecular complexity index is 1450. The highest BCUT2D eigenvalue weighted by Gasteiger charge is 2.30. The second-order valence-electron chi connectivity index (χ2n) is 20.8. The fourth-order valence-corrected chi connectivity index (χ4v) is 8.88. The van der Waals surface area contributed by atoms with Crippen molar-refractivity contribution in [2.45, 2.75) is 264 Å². The van der Waals surface area contributed by atoms with Crippen molar-refractivity contribution in [2.75, 3.05) is 40.9 Å². The number of unbranched alkanes of at least 4 members (excludes halogenated alkanes) is 26. The van der Waals surface area contributed by atoms with Crippen LogP contribution in [0.1, 0.15) is 252 Å². The van der Waals surface area contributed by atoms with Gasteiger partial charge in [-0.25, -0.2) is 4.57 Å². The van der Waals surface area contributed by atoms with Gasteiger partial charge in [0.15, 0.2) is 0 Å². The Morgan fingerprint density at radius 2 is 0.901 bits per heavy atom. The molecule has 0 spiro atoms. The first-order valence-electron chi connectivity index (χ1n) is 29.3. The Balaban J connectivity index is 5.29. The topological polar surface area (TPSA) is 111 Å². The maximum Gasteiger partial charge on any atom is 0.472 e. The normalized spacial score (nSPS) is 14.3. The maximum atomic E-state index is 13.5. The molecule has 0 aliphatic carbocycles. The third-order valence-corrected chi connectivity index (χ3v) is 13.6. The zero-order chi connectivity index (χ0) is 52.2. The number of nitrogens with one attached hydrogen (secondary N) is 1. The minimum Gasteiger partial charge on any atom is -0.456 e. The molecule has 2 N–H and O–H groups in total. The molecular formula is C61H112N2O7P+. The molecule has 0 rings (SSSR count). The summed E-state index contributed by atoms with van der Waals surface area (Å²) in [7, 11) is 1.48. The number of phosphoric ester groups is 1. The smallest absolute Gasteiger partial charge is 0.456 e. The molecule has 10 heteroatoms. The molecule has 0 heterocycles. The number of rotatable bonds is 52. The van der Waals surface area contributed by atoms with Gasteiger partial charge in [-0.1, -0.05) is 235 Å². The van der Waals surface area contributed by atoms with Crippen molar-refractivity contribution in [3.05, 3.63) is 72.9 Å². The lowest BCUT2D eigenvalue weighted by Crippen LogP contribution is -2.47. The summed E-state index contributed by atoms with van der Waals surface area (Å²) < 4.78 is 30.6. The zero-order valence-corrected chi connectivity index (χ0v) is 47.8. The average Bonchev–Trinajstić information content (AvgIpc) is 3.33. The highest BCUT2D eigenvalue weighted by atomic mass is 31.2. The van der Waals surface area contributed by atoms with E-state index in [2.05, 4.69) is 86.8 Å². The fraction of sp³-hybridized carbons (Fsp3) is 0.770. The first-order valence-corrected chi connectivity index (χ1v) is 30.8. The number of hydrogen-bond acceptors (Lipinski definition) is 6. The number of ether oxygens (including phenoxy) is 1. The summed E-state index contributed by atoms with van der Waals surface area (Å²) in [5.74, 6) is -0.526. The zero-order valence-electron chi connectivity index (χ0n) is 47.0. The number of likely N-dealkylation sites (N-methyl/N-ethyl adjacent to an activating group) is 1. The third-order valence-electron chi connectivity index (χ3n) is 12.7. The van der Waals surface area contributed by atoms with Crippen LogP contribution in [0.15, 0.2) is 72.9 Å². The Morgan fingerprint density at radius 3 is 1.35 bits per heavy atom. The van der Waals surface area contributed by atoms with Gasteiger partial charge < -0.3 is 19.4 Å². The number of carbonyl (C=O) groups is 2. The molecule has 0 saturated carbocycles. The van der Waals surface area contributed by atoms with Gasteiger partial charge in [-0.05, 0) is 76.7 Å². The molecule has 412 valence electrons. The molecule has 0 saturated heterocycles. The summed E-state index contributed by atoms with van der Waals surface area (Å²) in [6, 6.07) is -0.858. The summed E-state index contributed by atoms with van der Waals surface area (Å²) in [6.45, 7) is 6.87. The van der Waals surface area contributed by atoms with Crippen LogP contribution in [0, 0.1) is 0 Å². The van der Waals surface area contributed by atoms with Crippen molar-refractivity contribution >= 4 is 19.7 Å². The SMILES string of the molecule is CC/C=C\C/C=C\C/C=C\C/C=C\C/C=C\CCCCCCCC(=O)NC(COP(=O)(O)OCC[N+](C)(C)C)C(/C=C\CCCCCCCCCCC)OC(=O)CCCCCCCCCCCCCCC. The standard InChI is InChI=1S/C61H111N2O7P/c1-7-10-13-16-19-22-25-27-28-29-30-31-32-33-34-36-38-41-44-47-50-53-60(64)62-58(57-69-71(66,67)68-56-55-63(4,5)6)59(52-49-46-43-40-37-24-21-18-15-12-9-3)70-61(65)54-51-48-45-42-39-35-26-23-20-17-14-11-8-2/h10,13,19,22,27-28,30-31,33-34,49,52,58-59H,7-9,11-12,14-18,20-21,23-26,29,32,35-48,50-51,53-57H2,1-6H3,(H-,62,64,66,67)/p+1/b13-10-,22-19-,28-27-,31-30-,34-33-,52-49-. The largest absolute Gasteiger partial charge is 0.472 e. The molecule has 0 aromatic carbocycles. The van der Waals surface area contributed by atoms with Crippen molar-refractivity contribution in [3.63, 3.8) is 0 Å². The molecule has 0 bridgehead atoms. The molecule has 9 nitrogen and oxygen atoms in total. The van der Waals surface area contributed by atoms with Crippen LogP contribution >= 0.6 is 7.82 Å². The van der Waals surface area contributed by atoms with Gasteiger partial charge in [0.2, 0.25) is 5.91 Å². The monoisotopic (exact) mass is 1020 g/mol. The van der Waals surface area contributed by atoms with Crippen molar-refractivity contribution in [3.8, 4) is 0 Å². The molecule has 0 radical (unpaired) electrons. The molecule has 1 amide bonds. The van der Waals surface area contributed by atoms with Gasteiger partial charge in [-0.2, -0.15) is 0 Å². The summed E-state index contributed by atoms with van der Waals surface area (Å²) in [6.07, 6.45) is 64.6. The van der Waals surface area contributed by atoms with Crippen LogP contribution in [0.25, 0.3) is 0 Å². The van der Waals surface area contributed by atoms with Gasteiger partial charge in [-0.15, -0.1) is 0 Å². The van der Waals surface area contributed by atoms with Crippen LogP contribution in [-0.2, 0) is 27.9 Å². The lowest BCUT2D eigenvalue weighted by atomic mass is 10.0. The minimum absolute atomic E-state index is 0.0345. The first kappa shape index (κ1) is 68.5. The molecule has 3 unspecified atom stereocenters. The number of hydrogen-bond donors (Lipinski definition) is 2. The number of nitrogens with zero attached hydrogens (tertiary/aromatic N) is 1. The Labute approximate surface area is 438 Å². The van der Waals surface area contributed by atoms with Crippen molar-refractivity contribution < 1.29 is 37.3 Å². The molecule has 0 fully saturated rings. The summed E-state index contributed by atoms with van der Waals surface area (Å²) >= 11 is 0. The van der Waals surface area contributed by atoms with E-state index in [1.807, 2.05) is 33.3 Å². The van der Waals surface area contributed by atoms with E-state index in [1.165, 1.54) is 109 Å². The summed E-state index contributed by atoms with van der Waals surface area (Å²) in [5.41, 5.74) is 0. The number of esters is 1. The Kier molecular flexibility index (Phi) is 49.1. The summed E-state index contributed by atoms with van der Waals surface area (Å²) in [4.78, 5) is 37.6. The van der Waals surface area contributed by atoms with Crippen LogP contribution < -0.4 is 5.32 Å². The highest BCUT2D eigenvalue weighted by Crippen LogP contribution is 2.43. The van der Waals surface area contributed by atoms with Gasteiger partial charge >= 0.3 is 13.8 Å². The van der Waals surface area contributed by atoms with E-state index in [-0.39, 0.29) is 31.5 Å². The molecule has 0 aliphatic rings. The van der Waals surface area contributed by atoms with Crippen molar-refractivity contribution in [1.29, 1.82) is 0 Å². The third kappa shape index (κ3) is 52.1. The quantitative estimate of drug-likeness (QED) is 0.0205. The van der Waals surface area contributed by atoms with Crippen LogP contribution in [0.3, 0.4) is 0 Å². The first-order chi connectivity index (χ1) is 34.4. The van der Waals surface area contributed by atoms with E-state index in [9.17, 15) is 19.0 Å². The van der Waals surface area contributed by atoms with Crippen LogP contribution in [0.2, 0.25) is 0 Å². The van der Waals surface area contributed by atoms with Gasteiger partial charge in [0, 0.05) is 12.8 Å². The second-order valence-corrected chi connectivity index (χ2v) is 22.2. The number of allylic oxidation sites excluding steroid dienone is 11. The molecule has 0 aromatic rings. The number of phosphoric acid groups is 1. The van der Waals surface area contributed by atoms with Crippen LogP contribution in [0.4, 0.5) is 0 Å². The molecule has 71 heavy (non-hydrogen) atoms. The van der Waals surface area contributed by atoms with E-state index in [0.717, 1.165) is 109 Å². The van der Waals surface area contributed by atoms with Crippen molar-refractivity contribution in [2.24, 2.45) is 0 Å². The average molecular weight is 1020 g/mol. The van der Waals surface area contributed by atoms with Gasteiger partial charge in [-0.3, -0.25) is 18.6 Å². The van der Waals surface area contributed by atoms with E-state index < -0.39 is 20.0 Å². The van der Waals surface area contributed by atoms with E-state index in [1.54, 1.807) is 0 Å². The number of quaternary nitrogens is 1. The number of amides is 1. The predicted molar refractivity (Wildman–Crippen MR) is 305 cm³/mol. The Hall–Kier alpha value is -2.55. The fourth-order valence-electron chi connectivity index (χ4n) is 8.14. The van der Waals surface area contributed by atoms with Gasteiger partial charge in [0.25, 0.3) is 0 Å². The van der Waals surface area contributed by atoms with E-state index in [0.29, 0.717) is 17.4 Å². The van der Waals surface area contributed by atoms with Crippen LogP contribution in [0.5, 0.6) is 0 Å². The summed E-state index contributed by atoms with van der Waals surface area (Å²) in [5, 5.41) is 3.04. The maximum absolute atomic E-state index is 13.5. The van der Waals surface area contributed by atoms with Crippen molar-refractivity contribution in [1.82, 2.24) is 5.32 Å².